The molecule has 0 bridgehead atoms. The lowest BCUT2D eigenvalue weighted by molar-refractivity contribution is -0.385. The molecule has 20 heavy (non-hydrogen) atoms. The fourth-order valence-electron chi connectivity index (χ4n) is 1.91. The van der Waals surface area contributed by atoms with Gasteiger partial charge in [-0.05, 0) is 30.2 Å². The van der Waals surface area contributed by atoms with Crippen LogP contribution in [-0.2, 0) is 20.0 Å². The number of nitrogens with one attached hydrogen (secondary N) is 1. The highest BCUT2D eigenvalue weighted by atomic mass is 79.9. The maximum absolute atomic E-state index is 10.8. The Bertz CT molecular complexity index is 612. The van der Waals surface area contributed by atoms with Crippen LogP contribution in [0, 0.1) is 10.1 Å². The minimum Gasteiger partial charge on any atom is -0.312 e. The summed E-state index contributed by atoms with van der Waals surface area (Å²) in [4.78, 5) is 10.4. The first-order valence-electron chi connectivity index (χ1n) is 6.16. The predicted octanol–water partition coefficient (Wildman–Crippen LogP) is 2.42. The number of nitrogens with zero attached hydrogens (tertiary/aromatic N) is 3. The van der Waals surface area contributed by atoms with Crippen molar-refractivity contribution in [3.8, 4) is 0 Å². The van der Waals surface area contributed by atoms with Gasteiger partial charge in [0.25, 0.3) is 5.69 Å². The molecule has 2 rings (SSSR count). The number of hydrogen-bond acceptors (Lipinski definition) is 4. The molecule has 0 aliphatic rings. The molecule has 1 aromatic heterocycles. The van der Waals surface area contributed by atoms with Crippen molar-refractivity contribution < 1.29 is 4.92 Å². The van der Waals surface area contributed by atoms with E-state index in [1.165, 1.54) is 11.6 Å². The van der Waals surface area contributed by atoms with Gasteiger partial charge in [-0.3, -0.25) is 14.8 Å². The highest BCUT2D eigenvalue weighted by molar-refractivity contribution is 9.10. The average molecular weight is 339 g/mol. The van der Waals surface area contributed by atoms with Crippen LogP contribution in [0.15, 0.2) is 35.1 Å². The fourth-order valence-corrected chi connectivity index (χ4v) is 2.44. The number of nitro groups is 1. The minimum atomic E-state index is -0.385. The molecule has 0 radical (unpaired) electrons. The van der Waals surface area contributed by atoms with E-state index in [4.69, 9.17) is 0 Å². The van der Waals surface area contributed by atoms with Gasteiger partial charge in [-0.2, -0.15) is 5.10 Å². The van der Waals surface area contributed by atoms with Gasteiger partial charge < -0.3 is 5.32 Å². The van der Waals surface area contributed by atoms with Crippen molar-refractivity contribution in [2.45, 2.75) is 13.0 Å². The number of non-ortho nitro benzene ring substituents is 1. The predicted molar refractivity (Wildman–Crippen MR) is 79.4 cm³/mol. The van der Waals surface area contributed by atoms with Gasteiger partial charge in [0.2, 0.25) is 0 Å². The van der Waals surface area contributed by atoms with Gasteiger partial charge in [-0.15, -0.1) is 0 Å². The number of halogens is 1. The van der Waals surface area contributed by atoms with E-state index in [0.717, 1.165) is 23.0 Å². The van der Waals surface area contributed by atoms with E-state index in [1.54, 1.807) is 10.7 Å². The molecular formula is C13H15BrN4O2. The third kappa shape index (κ3) is 4.14. The Morgan fingerprint density at radius 1 is 1.40 bits per heavy atom. The molecule has 0 aliphatic heterocycles. The lowest BCUT2D eigenvalue weighted by Gasteiger charge is -2.05. The molecule has 0 amide bonds. The van der Waals surface area contributed by atoms with Crippen LogP contribution in [0.25, 0.3) is 0 Å². The van der Waals surface area contributed by atoms with Crippen LogP contribution in [0.5, 0.6) is 0 Å². The summed E-state index contributed by atoms with van der Waals surface area (Å²) in [6.45, 7) is 1.40. The maximum Gasteiger partial charge on any atom is 0.270 e. The Kier molecular flexibility index (Phi) is 4.86. The third-order valence-corrected chi connectivity index (χ3v) is 3.29. The standard InChI is InChI=1S/C13H15BrN4O2/c1-17-9-10(8-16-17)2-3-15-7-11-4-12(14)6-13(5-11)18(19)20/h4-6,8-9,15H,2-3,7H2,1H3. The Balaban J connectivity index is 1.86. The van der Waals surface area contributed by atoms with E-state index < -0.39 is 0 Å². The minimum absolute atomic E-state index is 0.100. The Morgan fingerprint density at radius 3 is 2.85 bits per heavy atom. The summed E-state index contributed by atoms with van der Waals surface area (Å²) >= 11 is 3.29. The monoisotopic (exact) mass is 338 g/mol. The Hall–Kier alpha value is -1.73. The maximum atomic E-state index is 10.8. The van der Waals surface area contributed by atoms with Crippen LogP contribution in [-0.4, -0.2) is 21.2 Å². The van der Waals surface area contributed by atoms with Crippen molar-refractivity contribution in [2.24, 2.45) is 7.05 Å². The van der Waals surface area contributed by atoms with Crippen molar-refractivity contribution in [1.29, 1.82) is 0 Å². The molecule has 0 aliphatic carbocycles. The van der Waals surface area contributed by atoms with Crippen molar-refractivity contribution in [3.05, 3.63) is 56.3 Å². The zero-order valence-corrected chi connectivity index (χ0v) is 12.6. The number of hydrogen-bond donors (Lipinski definition) is 1. The van der Waals surface area contributed by atoms with E-state index in [9.17, 15) is 10.1 Å². The van der Waals surface area contributed by atoms with Gasteiger partial charge in [0.15, 0.2) is 0 Å². The molecule has 1 aromatic carbocycles. The van der Waals surface area contributed by atoms with Gasteiger partial charge >= 0.3 is 0 Å². The molecule has 6 nitrogen and oxygen atoms in total. The lowest BCUT2D eigenvalue weighted by atomic mass is 10.2. The summed E-state index contributed by atoms with van der Waals surface area (Å²) in [6.07, 6.45) is 4.70. The highest BCUT2D eigenvalue weighted by Crippen LogP contribution is 2.21. The zero-order valence-electron chi connectivity index (χ0n) is 11.0. The molecule has 0 unspecified atom stereocenters. The van der Waals surface area contributed by atoms with Gasteiger partial charge in [-0.25, -0.2) is 0 Å². The van der Waals surface area contributed by atoms with E-state index in [2.05, 4.69) is 26.3 Å². The molecule has 7 heteroatoms. The normalized spacial score (nSPS) is 10.7. The van der Waals surface area contributed by atoms with Gasteiger partial charge in [0.1, 0.15) is 0 Å². The molecule has 0 fully saturated rings. The van der Waals surface area contributed by atoms with Crippen molar-refractivity contribution in [2.75, 3.05) is 6.54 Å². The number of benzene rings is 1. The topological polar surface area (TPSA) is 73.0 Å². The van der Waals surface area contributed by atoms with E-state index >= 15 is 0 Å². The highest BCUT2D eigenvalue weighted by Gasteiger charge is 2.08. The molecule has 0 saturated carbocycles. The SMILES string of the molecule is Cn1cc(CCNCc2cc(Br)cc([N+](=O)[O-])c2)cn1. The van der Waals surface area contributed by atoms with E-state index in [-0.39, 0.29) is 10.6 Å². The number of nitro benzene ring substituents is 1. The Morgan fingerprint density at radius 2 is 2.20 bits per heavy atom. The molecule has 106 valence electrons. The van der Waals surface area contributed by atoms with Crippen LogP contribution in [0.1, 0.15) is 11.1 Å². The molecular weight excluding hydrogens is 324 g/mol. The van der Waals surface area contributed by atoms with Crippen molar-refractivity contribution in [3.63, 3.8) is 0 Å². The zero-order chi connectivity index (χ0) is 14.5. The second-order valence-electron chi connectivity index (χ2n) is 4.52. The van der Waals surface area contributed by atoms with Gasteiger partial charge in [0.05, 0.1) is 11.1 Å². The number of aromatic nitrogens is 2. The summed E-state index contributed by atoms with van der Waals surface area (Å²) < 4.78 is 2.49. The second-order valence-corrected chi connectivity index (χ2v) is 5.44. The van der Waals surface area contributed by atoms with E-state index in [0.29, 0.717) is 6.54 Å². The van der Waals surface area contributed by atoms with Crippen LogP contribution >= 0.6 is 15.9 Å². The first kappa shape index (κ1) is 14.7. The molecule has 0 saturated heterocycles. The number of aryl methyl sites for hydroxylation is 1. The van der Waals surface area contributed by atoms with Crippen LogP contribution < -0.4 is 5.32 Å². The molecule has 0 atom stereocenters. The van der Waals surface area contributed by atoms with Crippen molar-refractivity contribution in [1.82, 2.24) is 15.1 Å². The Labute approximate surface area is 125 Å². The van der Waals surface area contributed by atoms with Crippen LogP contribution in [0.4, 0.5) is 5.69 Å². The van der Waals surface area contributed by atoms with Crippen LogP contribution in [0.2, 0.25) is 0 Å². The van der Waals surface area contributed by atoms with Gasteiger partial charge in [0, 0.05) is 36.4 Å². The quantitative estimate of drug-likeness (QED) is 0.498. The van der Waals surface area contributed by atoms with E-state index in [1.807, 2.05) is 25.5 Å². The summed E-state index contributed by atoms with van der Waals surface area (Å²) in [6, 6.07) is 4.96. The third-order valence-electron chi connectivity index (χ3n) is 2.83. The van der Waals surface area contributed by atoms with Gasteiger partial charge in [-0.1, -0.05) is 15.9 Å². The molecule has 1 heterocycles. The van der Waals surface area contributed by atoms with Crippen molar-refractivity contribution >= 4 is 21.6 Å². The van der Waals surface area contributed by atoms with Crippen LogP contribution in [0.3, 0.4) is 0 Å². The first-order valence-corrected chi connectivity index (χ1v) is 6.96. The largest absolute Gasteiger partial charge is 0.312 e. The summed E-state index contributed by atoms with van der Waals surface area (Å²) in [5, 5.41) is 18.2. The average Bonchev–Trinajstić information content (AvgIpc) is 2.80. The summed E-state index contributed by atoms with van der Waals surface area (Å²) in [5.41, 5.74) is 2.15. The smallest absolute Gasteiger partial charge is 0.270 e. The first-order chi connectivity index (χ1) is 9.54. The summed E-state index contributed by atoms with van der Waals surface area (Å²) in [7, 11) is 1.89. The fraction of sp³-hybridized carbons (Fsp3) is 0.308. The molecule has 0 spiro atoms. The molecule has 2 aromatic rings. The summed E-state index contributed by atoms with van der Waals surface area (Å²) in [5.74, 6) is 0. The number of rotatable bonds is 6. The lowest BCUT2D eigenvalue weighted by Crippen LogP contribution is -2.16. The molecule has 1 N–H and O–H groups in total. The second kappa shape index (κ2) is 6.62.